The van der Waals surface area contributed by atoms with Crippen molar-refractivity contribution in [3.05, 3.63) is 114 Å². The molecule has 2 N–H and O–H groups in total. The number of hydrogen-bond donors (Lipinski definition) is 2. The molecule has 4 rings (SSSR count). The first-order valence-corrected chi connectivity index (χ1v) is 10.2. The Morgan fingerprint density at radius 3 is 2.28 bits per heavy atom. The predicted octanol–water partition coefficient (Wildman–Crippen LogP) is 6.16. The second-order valence-corrected chi connectivity index (χ2v) is 7.24. The van der Waals surface area contributed by atoms with Gasteiger partial charge in [-0.3, -0.25) is 9.59 Å². The molecule has 0 saturated heterocycles. The molecule has 0 saturated carbocycles. The Kier molecular flexibility index (Phi) is 6.28. The van der Waals surface area contributed by atoms with Crippen LogP contribution in [-0.4, -0.2) is 11.8 Å². The maximum absolute atomic E-state index is 12.5. The summed E-state index contributed by atoms with van der Waals surface area (Å²) in [5.74, 6) is 0.824. The van der Waals surface area contributed by atoms with Crippen LogP contribution in [0.5, 0.6) is 0 Å². The summed E-state index contributed by atoms with van der Waals surface area (Å²) in [6.07, 6.45) is 3.03. The molecule has 0 radical (unpaired) electrons. The van der Waals surface area contributed by atoms with Crippen LogP contribution in [0.4, 0.5) is 11.4 Å². The van der Waals surface area contributed by atoms with Crippen LogP contribution in [0.1, 0.15) is 21.7 Å². The number of carbonyl (C=O) groups excluding carboxylic acids is 2. The predicted molar refractivity (Wildman–Crippen MR) is 127 cm³/mol. The van der Waals surface area contributed by atoms with E-state index in [1.54, 1.807) is 36.4 Å². The molecule has 32 heavy (non-hydrogen) atoms. The Morgan fingerprint density at radius 1 is 0.781 bits per heavy atom. The molecule has 0 fully saturated rings. The van der Waals surface area contributed by atoms with Crippen molar-refractivity contribution in [3.63, 3.8) is 0 Å². The molecule has 0 unspecified atom stereocenters. The van der Waals surface area contributed by atoms with Gasteiger partial charge in [0.15, 0.2) is 0 Å². The minimum absolute atomic E-state index is 0.196. The van der Waals surface area contributed by atoms with Crippen LogP contribution < -0.4 is 10.6 Å². The van der Waals surface area contributed by atoms with Gasteiger partial charge in [0.05, 0.1) is 0 Å². The van der Waals surface area contributed by atoms with Gasteiger partial charge in [0.25, 0.3) is 5.91 Å². The molecule has 0 atom stereocenters. The monoisotopic (exact) mass is 422 g/mol. The van der Waals surface area contributed by atoms with Gasteiger partial charge >= 0.3 is 0 Å². The highest BCUT2D eigenvalue weighted by Crippen LogP contribution is 2.22. The van der Waals surface area contributed by atoms with Gasteiger partial charge in [-0.25, -0.2) is 0 Å². The quantitative estimate of drug-likeness (QED) is 0.366. The lowest BCUT2D eigenvalue weighted by Crippen LogP contribution is -2.14. The summed E-state index contributed by atoms with van der Waals surface area (Å²) in [6, 6.07) is 27.8. The molecule has 3 aromatic carbocycles. The van der Waals surface area contributed by atoms with E-state index in [0.29, 0.717) is 22.7 Å². The topological polar surface area (TPSA) is 71.3 Å². The van der Waals surface area contributed by atoms with Crippen LogP contribution in [0, 0.1) is 6.92 Å². The summed E-state index contributed by atoms with van der Waals surface area (Å²) in [7, 11) is 0. The maximum Gasteiger partial charge on any atom is 0.255 e. The van der Waals surface area contributed by atoms with E-state index in [-0.39, 0.29) is 11.8 Å². The van der Waals surface area contributed by atoms with Crippen LogP contribution in [0.15, 0.2) is 101 Å². The standard InChI is InChI=1S/C27H22N2O3/c1-19-8-5-6-13-24(19)27(31)29-22-12-7-11-21(18-22)28-26(30)17-15-23-14-16-25(32-23)20-9-3-2-4-10-20/h2-18H,1H3,(H,28,30)(H,29,31)/b17-15+. The zero-order chi connectivity index (χ0) is 22.3. The molecule has 0 aliphatic heterocycles. The molecular formula is C27H22N2O3. The number of amides is 2. The van der Waals surface area contributed by atoms with Gasteiger partial charge in [0, 0.05) is 28.6 Å². The lowest BCUT2D eigenvalue weighted by atomic mass is 10.1. The third kappa shape index (κ3) is 5.21. The molecule has 2 amide bonds. The first-order chi connectivity index (χ1) is 15.6. The van der Waals surface area contributed by atoms with Crippen molar-refractivity contribution >= 4 is 29.3 Å². The molecule has 5 heteroatoms. The number of anilines is 2. The van der Waals surface area contributed by atoms with Gasteiger partial charge in [-0.05, 0) is 55.0 Å². The Labute approximate surface area is 186 Å². The number of carbonyl (C=O) groups is 2. The highest BCUT2D eigenvalue weighted by Gasteiger charge is 2.09. The fraction of sp³-hybridized carbons (Fsp3) is 0.0370. The van der Waals surface area contributed by atoms with E-state index < -0.39 is 0 Å². The van der Waals surface area contributed by atoms with E-state index in [1.165, 1.54) is 6.08 Å². The number of furan rings is 1. The van der Waals surface area contributed by atoms with E-state index in [4.69, 9.17) is 4.42 Å². The van der Waals surface area contributed by atoms with E-state index in [9.17, 15) is 9.59 Å². The Morgan fingerprint density at radius 2 is 1.50 bits per heavy atom. The molecule has 5 nitrogen and oxygen atoms in total. The third-order valence-corrected chi connectivity index (χ3v) is 4.86. The summed E-state index contributed by atoms with van der Waals surface area (Å²) in [5, 5.41) is 5.66. The number of benzene rings is 3. The summed E-state index contributed by atoms with van der Waals surface area (Å²) in [5.41, 5.74) is 3.65. The second kappa shape index (κ2) is 9.62. The molecule has 158 valence electrons. The van der Waals surface area contributed by atoms with Crippen molar-refractivity contribution in [1.29, 1.82) is 0 Å². The van der Waals surface area contributed by atoms with Crippen molar-refractivity contribution in [2.45, 2.75) is 6.92 Å². The summed E-state index contributed by atoms with van der Waals surface area (Å²) < 4.78 is 5.77. The lowest BCUT2D eigenvalue weighted by Gasteiger charge is -2.09. The highest BCUT2D eigenvalue weighted by molar-refractivity contribution is 6.06. The lowest BCUT2D eigenvalue weighted by molar-refractivity contribution is -0.111. The molecule has 0 bridgehead atoms. The Balaban J connectivity index is 1.38. The van der Waals surface area contributed by atoms with E-state index in [1.807, 2.05) is 67.6 Å². The van der Waals surface area contributed by atoms with Crippen LogP contribution in [-0.2, 0) is 4.79 Å². The van der Waals surface area contributed by atoms with Gasteiger partial charge in [0.2, 0.25) is 5.91 Å². The first-order valence-electron chi connectivity index (χ1n) is 10.2. The molecular weight excluding hydrogens is 400 g/mol. The van der Waals surface area contributed by atoms with Crippen LogP contribution in [0.25, 0.3) is 17.4 Å². The van der Waals surface area contributed by atoms with Gasteiger partial charge in [-0.2, -0.15) is 0 Å². The SMILES string of the molecule is Cc1ccccc1C(=O)Nc1cccc(NC(=O)/C=C/c2ccc(-c3ccccc3)o2)c1. The van der Waals surface area contributed by atoms with Crippen molar-refractivity contribution in [2.24, 2.45) is 0 Å². The summed E-state index contributed by atoms with van der Waals surface area (Å²) in [6.45, 7) is 1.89. The zero-order valence-electron chi connectivity index (χ0n) is 17.5. The molecule has 1 aromatic heterocycles. The smallest absolute Gasteiger partial charge is 0.255 e. The van der Waals surface area contributed by atoms with Gasteiger partial charge < -0.3 is 15.1 Å². The normalized spacial score (nSPS) is 10.8. The second-order valence-electron chi connectivity index (χ2n) is 7.24. The van der Waals surface area contributed by atoms with E-state index in [2.05, 4.69) is 10.6 Å². The van der Waals surface area contributed by atoms with Crippen molar-refractivity contribution in [1.82, 2.24) is 0 Å². The Hall–Kier alpha value is -4.38. The van der Waals surface area contributed by atoms with E-state index >= 15 is 0 Å². The van der Waals surface area contributed by atoms with Crippen molar-refractivity contribution in [2.75, 3.05) is 10.6 Å². The van der Waals surface area contributed by atoms with Crippen molar-refractivity contribution in [3.8, 4) is 11.3 Å². The average molecular weight is 422 g/mol. The number of hydrogen-bond acceptors (Lipinski definition) is 3. The zero-order valence-corrected chi connectivity index (χ0v) is 17.5. The van der Waals surface area contributed by atoms with E-state index in [0.717, 1.165) is 16.9 Å². The minimum atomic E-state index is -0.301. The van der Waals surface area contributed by atoms with Crippen LogP contribution in [0.3, 0.4) is 0 Å². The molecule has 4 aromatic rings. The minimum Gasteiger partial charge on any atom is -0.457 e. The highest BCUT2D eigenvalue weighted by atomic mass is 16.3. The summed E-state index contributed by atoms with van der Waals surface area (Å²) >= 11 is 0. The maximum atomic E-state index is 12.5. The van der Waals surface area contributed by atoms with Crippen LogP contribution in [0.2, 0.25) is 0 Å². The van der Waals surface area contributed by atoms with Gasteiger partial charge in [-0.1, -0.05) is 54.6 Å². The fourth-order valence-corrected chi connectivity index (χ4v) is 3.24. The molecule has 0 spiro atoms. The van der Waals surface area contributed by atoms with Gasteiger partial charge in [-0.15, -0.1) is 0 Å². The number of aryl methyl sites for hydroxylation is 1. The van der Waals surface area contributed by atoms with Crippen molar-refractivity contribution < 1.29 is 14.0 Å². The molecule has 0 aliphatic rings. The average Bonchev–Trinajstić information content (AvgIpc) is 3.28. The third-order valence-electron chi connectivity index (χ3n) is 4.86. The fourth-order valence-electron chi connectivity index (χ4n) is 3.24. The molecule has 1 heterocycles. The first kappa shape index (κ1) is 20.9. The number of nitrogens with one attached hydrogen (secondary N) is 2. The Bertz CT molecular complexity index is 1270. The molecule has 0 aliphatic carbocycles. The summed E-state index contributed by atoms with van der Waals surface area (Å²) in [4.78, 5) is 24.8. The van der Waals surface area contributed by atoms with Crippen LogP contribution >= 0.6 is 0 Å². The van der Waals surface area contributed by atoms with Gasteiger partial charge in [0.1, 0.15) is 11.5 Å². The largest absolute Gasteiger partial charge is 0.457 e. The number of rotatable bonds is 6.